The molecule has 2 atom stereocenters. The third-order valence-corrected chi connectivity index (χ3v) is 3.88. The van der Waals surface area contributed by atoms with E-state index in [0.717, 1.165) is 18.4 Å². The van der Waals surface area contributed by atoms with Gasteiger partial charge in [-0.15, -0.1) is 0 Å². The number of aryl methyl sites for hydroxylation is 1. The molecule has 1 aromatic carbocycles. The molecule has 1 aliphatic heterocycles. The molecule has 0 radical (unpaired) electrons. The van der Waals surface area contributed by atoms with Crippen molar-refractivity contribution in [1.29, 1.82) is 0 Å². The van der Waals surface area contributed by atoms with Crippen molar-refractivity contribution in [2.45, 2.75) is 38.8 Å². The normalized spacial score (nSPS) is 20.0. The lowest BCUT2D eigenvalue weighted by atomic mass is 10.1. The zero-order valence-corrected chi connectivity index (χ0v) is 11.9. The first-order chi connectivity index (χ1) is 9.52. The Morgan fingerprint density at radius 1 is 1.60 bits per heavy atom. The number of nitrogens with one attached hydrogen (secondary N) is 1. The number of halogens is 1. The van der Waals surface area contributed by atoms with Crippen molar-refractivity contribution in [1.82, 2.24) is 10.2 Å². The number of hydrogen-bond acceptors (Lipinski definition) is 2. The van der Waals surface area contributed by atoms with Gasteiger partial charge < -0.3 is 15.3 Å². The summed E-state index contributed by atoms with van der Waals surface area (Å²) in [5.41, 5.74) is 1.33. The fraction of sp³-hybridized carbons (Fsp3) is 0.533. The van der Waals surface area contributed by atoms with Crippen molar-refractivity contribution >= 4 is 6.03 Å². The van der Waals surface area contributed by atoms with E-state index in [1.807, 2.05) is 13.0 Å². The molecule has 0 aromatic heterocycles. The summed E-state index contributed by atoms with van der Waals surface area (Å²) in [6.07, 6.45) is 1.74. The third kappa shape index (κ3) is 3.10. The van der Waals surface area contributed by atoms with Crippen LogP contribution >= 0.6 is 0 Å². The van der Waals surface area contributed by atoms with E-state index in [1.165, 1.54) is 6.07 Å². The first kappa shape index (κ1) is 14.8. The molecule has 0 spiro atoms. The van der Waals surface area contributed by atoms with Crippen LogP contribution in [0.25, 0.3) is 0 Å². The molecule has 4 nitrogen and oxygen atoms in total. The number of amides is 2. The second kappa shape index (κ2) is 6.22. The van der Waals surface area contributed by atoms with Crippen molar-refractivity contribution in [3.8, 4) is 0 Å². The molecule has 2 N–H and O–H groups in total. The number of aliphatic hydroxyl groups excluding tert-OH is 1. The van der Waals surface area contributed by atoms with Crippen LogP contribution in [-0.2, 0) is 0 Å². The van der Waals surface area contributed by atoms with Crippen LogP contribution in [0.2, 0.25) is 0 Å². The molecule has 5 heteroatoms. The molecule has 0 saturated carbocycles. The fourth-order valence-corrected chi connectivity index (χ4v) is 2.52. The molecule has 20 heavy (non-hydrogen) atoms. The summed E-state index contributed by atoms with van der Waals surface area (Å²) in [7, 11) is 0. The molecule has 0 bridgehead atoms. The Morgan fingerprint density at radius 2 is 2.35 bits per heavy atom. The summed E-state index contributed by atoms with van der Waals surface area (Å²) in [6.45, 7) is 4.18. The topological polar surface area (TPSA) is 52.6 Å². The zero-order chi connectivity index (χ0) is 14.7. The van der Waals surface area contributed by atoms with E-state index in [4.69, 9.17) is 0 Å². The maximum Gasteiger partial charge on any atom is 0.318 e. The van der Waals surface area contributed by atoms with E-state index in [9.17, 15) is 14.3 Å². The van der Waals surface area contributed by atoms with Crippen LogP contribution < -0.4 is 5.32 Å². The van der Waals surface area contributed by atoms with Gasteiger partial charge in [0.15, 0.2) is 0 Å². The zero-order valence-electron chi connectivity index (χ0n) is 11.9. The van der Waals surface area contributed by atoms with Gasteiger partial charge in [-0.1, -0.05) is 12.1 Å². The Morgan fingerprint density at radius 3 is 3.00 bits per heavy atom. The Hall–Kier alpha value is -1.62. The van der Waals surface area contributed by atoms with Crippen LogP contribution in [0.15, 0.2) is 18.2 Å². The molecular weight excluding hydrogens is 259 g/mol. The van der Waals surface area contributed by atoms with Crippen LogP contribution in [0.4, 0.5) is 9.18 Å². The molecule has 1 aliphatic rings. The molecule has 1 heterocycles. The fourth-order valence-electron chi connectivity index (χ4n) is 2.52. The van der Waals surface area contributed by atoms with E-state index >= 15 is 0 Å². The highest BCUT2D eigenvalue weighted by atomic mass is 19.1. The molecule has 1 aromatic rings. The summed E-state index contributed by atoms with van der Waals surface area (Å²) >= 11 is 0. The van der Waals surface area contributed by atoms with Crippen LogP contribution in [0.3, 0.4) is 0 Å². The van der Waals surface area contributed by atoms with Gasteiger partial charge in [-0.3, -0.25) is 0 Å². The Bertz CT molecular complexity index is 493. The second-order valence-electron chi connectivity index (χ2n) is 5.35. The predicted octanol–water partition coefficient (Wildman–Crippen LogP) is 2.36. The highest BCUT2D eigenvalue weighted by Gasteiger charge is 2.28. The number of rotatable bonds is 3. The number of carbonyl (C=O) groups is 1. The SMILES string of the molecule is Cc1ccc(C(C)NC(=O)N2CCCC2CO)cc1F. The molecular formula is C15H21FN2O2. The number of hydrogen-bond donors (Lipinski definition) is 2. The number of aliphatic hydroxyl groups is 1. The van der Waals surface area contributed by atoms with E-state index in [1.54, 1.807) is 17.9 Å². The molecule has 2 amide bonds. The molecule has 2 unspecified atom stereocenters. The number of urea groups is 1. The molecule has 1 saturated heterocycles. The summed E-state index contributed by atoms with van der Waals surface area (Å²) in [5, 5.41) is 12.1. The molecule has 2 rings (SSSR count). The van der Waals surface area contributed by atoms with Gasteiger partial charge in [-0.2, -0.15) is 0 Å². The third-order valence-electron chi connectivity index (χ3n) is 3.88. The standard InChI is InChI=1S/C15H21FN2O2/c1-10-5-6-12(8-14(10)16)11(2)17-15(20)18-7-3-4-13(18)9-19/h5-6,8,11,13,19H,3-4,7,9H2,1-2H3,(H,17,20). The van der Waals surface area contributed by atoms with Crippen LogP contribution in [0.5, 0.6) is 0 Å². The van der Waals surface area contributed by atoms with Crippen molar-refractivity contribution in [2.75, 3.05) is 13.2 Å². The lowest BCUT2D eigenvalue weighted by Gasteiger charge is -2.25. The van der Waals surface area contributed by atoms with Gasteiger partial charge in [0, 0.05) is 6.54 Å². The largest absolute Gasteiger partial charge is 0.394 e. The van der Waals surface area contributed by atoms with E-state index in [-0.39, 0.29) is 30.5 Å². The van der Waals surface area contributed by atoms with Gasteiger partial charge in [0.05, 0.1) is 18.7 Å². The minimum absolute atomic E-state index is 0.0129. The molecule has 1 fully saturated rings. The van der Waals surface area contributed by atoms with Gasteiger partial charge in [-0.05, 0) is 43.9 Å². The lowest BCUT2D eigenvalue weighted by Crippen LogP contribution is -2.44. The Kier molecular flexibility index (Phi) is 4.60. The minimum atomic E-state index is -0.266. The summed E-state index contributed by atoms with van der Waals surface area (Å²) in [4.78, 5) is 13.8. The molecule has 110 valence electrons. The quantitative estimate of drug-likeness (QED) is 0.893. The Balaban J connectivity index is 2.01. The smallest absolute Gasteiger partial charge is 0.318 e. The summed E-state index contributed by atoms with van der Waals surface area (Å²) in [6, 6.07) is 4.41. The van der Waals surface area contributed by atoms with Crippen molar-refractivity contribution in [3.63, 3.8) is 0 Å². The number of carbonyl (C=O) groups excluding carboxylic acids is 1. The average molecular weight is 280 g/mol. The number of likely N-dealkylation sites (tertiary alicyclic amines) is 1. The first-order valence-electron chi connectivity index (χ1n) is 6.97. The van der Waals surface area contributed by atoms with Gasteiger partial charge in [0.25, 0.3) is 0 Å². The second-order valence-corrected chi connectivity index (χ2v) is 5.35. The summed E-state index contributed by atoms with van der Waals surface area (Å²) in [5.74, 6) is -0.266. The maximum atomic E-state index is 13.5. The lowest BCUT2D eigenvalue weighted by molar-refractivity contribution is 0.155. The Labute approximate surface area is 118 Å². The van der Waals surface area contributed by atoms with Crippen molar-refractivity contribution < 1.29 is 14.3 Å². The van der Waals surface area contributed by atoms with Crippen LogP contribution in [0, 0.1) is 12.7 Å². The van der Waals surface area contributed by atoms with E-state index in [0.29, 0.717) is 12.1 Å². The van der Waals surface area contributed by atoms with Gasteiger partial charge >= 0.3 is 6.03 Å². The van der Waals surface area contributed by atoms with Crippen LogP contribution in [0.1, 0.15) is 36.9 Å². The van der Waals surface area contributed by atoms with Crippen molar-refractivity contribution in [2.24, 2.45) is 0 Å². The molecule has 0 aliphatic carbocycles. The number of benzene rings is 1. The average Bonchev–Trinajstić information content (AvgIpc) is 2.90. The van der Waals surface area contributed by atoms with Gasteiger partial charge in [0.1, 0.15) is 5.82 Å². The highest BCUT2D eigenvalue weighted by molar-refractivity contribution is 5.75. The highest BCUT2D eigenvalue weighted by Crippen LogP contribution is 2.20. The van der Waals surface area contributed by atoms with Gasteiger partial charge in [0.2, 0.25) is 0 Å². The maximum absolute atomic E-state index is 13.5. The van der Waals surface area contributed by atoms with E-state index < -0.39 is 0 Å². The first-order valence-corrected chi connectivity index (χ1v) is 6.97. The predicted molar refractivity (Wildman–Crippen MR) is 74.9 cm³/mol. The number of nitrogens with zero attached hydrogens (tertiary/aromatic N) is 1. The van der Waals surface area contributed by atoms with Crippen LogP contribution in [-0.4, -0.2) is 35.2 Å². The minimum Gasteiger partial charge on any atom is -0.394 e. The van der Waals surface area contributed by atoms with Gasteiger partial charge in [-0.25, -0.2) is 9.18 Å². The van der Waals surface area contributed by atoms with E-state index in [2.05, 4.69) is 5.32 Å². The monoisotopic (exact) mass is 280 g/mol. The van der Waals surface area contributed by atoms with Crippen molar-refractivity contribution in [3.05, 3.63) is 35.1 Å². The summed E-state index contributed by atoms with van der Waals surface area (Å²) < 4.78 is 13.5.